The van der Waals surface area contributed by atoms with E-state index in [9.17, 15) is 4.79 Å². The van der Waals surface area contributed by atoms with Crippen LogP contribution in [0.5, 0.6) is 5.75 Å². The van der Waals surface area contributed by atoms with E-state index in [1.54, 1.807) is 30.6 Å². The van der Waals surface area contributed by atoms with E-state index in [1.165, 1.54) is 7.11 Å². The first-order chi connectivity index (χ1) is 11.8. The molecular formula is C20H17NO3. The minimum absolute atomic E-state index is 0.312. The Hall–Kier alpha value is -3.14. The Kier molecular flexibility index (Phi) is 4.87. The van der Waals surface area contributed by atoms with E-state index in [0.29, 0.717) is 11.3 Å². The maximum atomic E-state index is 11.7. The summed E-state index contributed by atoms with van der Waals surface area (Å²) >= 11 is 0. The number of ether oxygens (including phenoxy) is 2. The van der Waals surface area contributed by atoms with Crippen LogP contribution in [-0.2, 0) is 4.74 Å². The lowest BCUT2D eigenvalue weighted by Gasteiger charge is -2.20. The van der Waals surface area contributed by atoms with Crippen LogP contribution >= 0.6 is 0 Å². The number of hydrogen-bond acceptors (Lipinski definition) is 4. The van der Waals surface area contributed by atoms with Crippen LogP contribution in [0.3, 0.4) is 0 Å². The second kappa shape index (κ2) is 7.42. The number of benzene rings is 2. The summed E-state index contributed by atoms with van der Waals surface area (Å²) < 4.78 is 10.9. The maximum Gasteiger partial charge on any atom is 0.337 e. The number of hydrogen-bond donors (Lipinski definition) is 0. The van der Waals surface area contributed by atoms with Gasteiger partial charge in [-0.2, -0.15) is 0 Å². The minimum Gasteiger partial charge on any atom is -0.481 e. The Labute approximate surface area is 140 Å². The molecule has 0 aliphatic carbocycles. The highest BCUT2D eigenvalue weighted by molar-refractivity contribution is 5.89. The van der Waals surface area contributed by atoms with Crippen molar-refractivity contribution in [2.24, 2.45) is 0 Å². The highest BCUT2D eigenvalue weighted by atomic mass is 16.5. The quantitative estimate of drug-likeness (QED) is 0.666. The third kappa shape index (κ3) is 3.60. The number of nitrogens with zero attached hydrogens (tertiary/aromatic N) is 1. The molecule has 1 aromatic heterocycles. The molecule has 0 saturated heterocycles. The summed E-state index contributed by atoms with van der Waals surface area (Å²) in [7, 11) is 1.36. The van der Waals surface area contributed by atoms with Crippen LogP contribution in [0.4, 0.5) is 0 Å². The third-order valence-electron chi connectivity index (χ3n) is 3.60. The Morgan fingerprint density at radius 3 is 2.46 bits per heavy atom. The van der Waals surface area contributed by atoms with Crippen LogP contribution in [0.25, 0.3) is 0 Å². The molecule has 0 radical (unpaired) electrons. The van der Waals surface area contributed by atoms with Crippen molar-refractivity contribution in [2.75, 3.05) is 7.11 Å². The zero-order chi connectivity index (χ0) is 16.8. The summed E-state index contributed by atoms with van der Waals surface area (Å²) in [4.78, 5) is 15.9. The van der Waals surface area contributed by atoms with Crippen molar-refractivity contribution < 1.29 is 14.3 Å². The number of aromatic nitrogens is 1. The van der Waals surface area contributed by atoms with Gasteiger partial charge in [0.1, 0.15) is 5.75 Å². The summed E-state index contributed by atoms with van der Waals surface area (Å²) in [5, 5.41) is 0. The summed E-state index contributed by atoms with van der Waals surface area (Å²) in [5.41, 5.74) is 2.40. The zero-order valence-electron chi connectivity index (χ0n) is 13.3. The number of carbonyl (C=O) groups excluding carboxylic acids is 1. The highest BCUT2D eigenvalue weighted by Crippen LogP contribution is 2.28. The van der Waals surface area contributed by atoms with Gasteiger partial charge < -0.3 is 9.47 Å². The maximum absolute atomic E-state index is 11.7. The van der Waals surface area contributed by atoms with Crippen molar-refractivity contribution in [1.29, 1.82) is 0 Å². The fourth-order valence-electron chi connectivity index (χ4n) is 2.44. The first-order valence-electron chi connectivity index (χ1n) is 7.58. The van der Waals surface area contributed by atoms with E-state index >= 15 is 0 Å². The molecule has 1 atom stereocenters. The standard InChI is InChI=1S/C20H17NO3/c1-23-20(22)16-9-5-11-18(13-16)24-19(15-7-3-2-4-8-15)17-10-6-12-21-14-17/h2-14,19H,1H3. The molecule has 0 saturated carbocycles. The first-order valence-corrected chi connectivity index (χ1v) is 7.58. The molecule has 1 heterocycles. The van der Waals surface area contributed by atoms with Gasteiger partial charge in [-0.3, -0.25) is 4.98 Å². The topological polar surface area (TPSA) is 48.4 Å². The van der Waals surface area contributed by atoms with Crippen molar-refractivity contribution in [3.8, 4) is 5.75 Å². The highest BCUT2D eigenvalue weighted by Gasteiger charge is 2.17. The molecule has 24 heavy (non-hydrogen) atoms. The van der Waals surface area contributed by atoms with Crippen LogP contribution < -0.4 is 4.74 Å². The van der Waals surface area contributed by atoms with E-state index in [0.717, 1.165) is 11.1 Å². The van der Waals surface area contributed by atoms with Crippen molar-refractivity contribution in [1.82, 2.24) is 4.98 Å². The lowest BCUT2D eigenvalue weighted by Crippen LogP contribution is -2.10. The Balaban J connectivity index is 1.95. The smallest absolute Gasteiger partial charge is 0.337 e. The molecule has 0 aliphatic heterocycles. The largest absolute Gasteiger partial charge is 0.481 e. The molecule has 1 unspecified atom stereocenters. The molecule has 0 N–H and O–H groups in total. The van der Waals surface area contributed by atoms with Crippen LogP contribution in [0.15, 0.2) is 79.1 Å². The van der Waals surface area contributed by atoms with Gasteiger partial charge in [-0.05, 0) is 29.8 Å². The predicted molar refractivity (Wildman–Crippen MR) is 90.9 cm³/mol. The van der Waals surface area contributed by atoms with Crippen LogP contribution in [0.1, 0.15) is 27.6 Å². The second-order valence-corrected chi connectivity index (χ2v) is 5.21. The van der Waals surface area contributed by atoms with Gasteiger partial charge >= 0.3 is 5.97 Å². The average Bonchev–Trinajstić information content (AvgIpc) is 2.67. The average molecular weight is 319 g/mol. The fourth-order valence-corrected chi connectivity index (χ4v) is 2.44. The van der Waals surface area contributed by atoms with Crippen LogP contribution in [-0.4, -0.2) is 18.1 Å². The van der Waals surface area contributed by atoms with Crippen molar-refractivity contribution in [3.63, 3.8) is 0 Å². The van der Waals surface area contributed by atoms with Crippen molar-refractivity contribution >= 4 is 5.97 Å². The molecule has 3 rings (SSSR count). The number of pyridine rings is 1. The van der Waals surface area contributed by atoms with Crippen LogP contribution in [0.2, 0.25) is 0 Å². The molecule has 3 aromatic rings. The van der Waals surface area contributed by atoms with Gasteiger partial charge in [0, 0.05) is 18.0 Å². The molecule has 4 nitrogen and oxygen atoms in total. The van der Waals surface area contributed by atoms with Gasteiger partial charge in [0.15, 0.2) is 6.10 Å². The summed E-state index contributed by atoms with van der Waals surface area (Å²) in [6.45, 7) is 0. The van der Waals surface area contributed by atoms with Crippen molar-refractivity contribution in [2.45, 2.75) is 6.10 Å². The van der Waals surface area contributed by atoms with Gasteiger partial charge in [-0.1, -0.05) is 42.5 Å². The number of carbonyl (C=O) groups is 1. The molecule has 120 valence electrons. The van der Waals surface area contributed by atoms with Crippen LogP contribution in [0, 0.1) is 0 Å². The van der Waals surface area contributed by atoms with Gasteiger partial charge in [-0.15, -0.1) is 0 Å². The lowest BCUT2D eigenvalue weighted by molar-refractivity contribution is 0.0600. The molecule has 0 bridgehead atoms. The number of rotatable bonds is 5. The molecule has 2 aromatic carbocycles. The third-order valence-corrected chi connectivity index (χ3v) is 3.60. The lowest BCUT2D eigenvalue weighted by atomic mass is 10.0. The van der Waals surface area contributed by atoms with Gasteiger partial charge in [0.25, 0.3) is 0 Å². The van der Waals surface area contributed by atoms with Gasteiger partial charge in [0.05, 0.1) is 12.7 Å². The van der Waals surface area contributed by atoms with E-state index in [2.05, 4.69) is 4.98 Å². The Morgan fingerprint density at radius 1 is 0.958 bits per heavy atom. The predicted octanol–water partition coefficient (Wildman–Crippen LogP) is 4.04. The van der Waals surface area contributed by atoms with Gasteiger partial charge in [0.2, 0.25) is 0 Å². The van der Waals surface area contributed by atoms with Gasteiger partial charge in [-0.25, -0.2) is 4.79 Å². The molecule has 0 amide bonds. The SMILES string of the molecule is COC(=O)c1cccc(OC(c2ccccc2)c2cccnc2)c1. The summed E-state index contributed by atoms with van der Waals surface area (Å²) in [5.74, 6) is 0.202. The molecular weight excluding hydrogens is 302 g/mol. The van der Waals surface area contributed by atoms with E-state index in [-0.39, 0.29) is 6.10 Å². The Bertz CT molecular complexity index is 764. The first kappa shape index (κ1) is 15.7. The monoisotopic (exact) mass is 319 g/mol. The fraction of sp³-hybridized carbons (Fsp3) is 0.100. The molecule has 4 heteroatoms. The minimum atomic E-state index is -0.391. The molecule has 0 aliphatic rings. The normalized spacial score (nSPS) is 11.5. The summed E-state index contributed by atoms with van der Waals surface area (Å²) in [6.07, 6.45) is 3.19. The zero-order valence-corrected chi connectivity index (χ0v) is 13.3. The van der Waals surface area contributed by atoms with E-state index in [4.69, 9.17) is 9.47 Å². The number of methoxy groups -OCH3 is 1. The molecule has 0 spiro atoms. The molecule has 0 fully saturated rings. The summed E-state index contributed by atoms with van der Waals surface area (Å²) in [6, 6.07) is 20.7. The second-order valence-electron chi connectivity index (χ2n) is 5.21. The van der Waals surface area contributed by atoms with E-state index in [1.807, 2.05) is 48.5 Å². The Morgan fingerprint density at radius 2 is 1.75 bits per heavy atom. The number of esters is 1. The van der Waals surface area contributed by atoms with Crippen molar-refractivity contribution in [3.05, 3.63) is 95.8 Å². The van der Waals surface area contributed by atoms with E-state index < -0.39 is 5.97 Å².